The molecule has 0 aliphatic rings. The van der Waals surface area contributed by atoms with E-state index in [1.807, 2.05) is 24.1 Å². The molecule has 0 fully saturated rings. The summed E-state index contributed by atoms with van der Waals surface area (Å²) in [6.07, 6.45) is 2.23. The second-order valence-electron chi connectivity index (χ2n) is 4.20. The molecule has 1 aromatic rings. The summed E-state index contributed by atoms with van der Waals surface area (Å²) in [6.45, 7) is 5.62. The van der Waals surface area contributed by atoms with Crippen molar-refractivity contribution in [2.24, 2.45) is 0 Å². The molecule has 1 rings (SSSR count). The van der Waals surface area contributed by atoms with Crippen molar-refractivity contribution in [3.63, 3.8) is 0 Å². The summed E-state index contributed by atoms with van der Waals surface area (Å²) in [7, 11) is 1.96. The summed E-state index contributed by atoms with van der Waals surface area (Å²) >= 11 is 0. The van der Waals surface area contributed by atoms with Gasteiger partial charge in [-0.2, -0.15) is 0 Å². The smallest absolute Gasteiger partial charge is 0.176 e. The van der Waals surface area contributed by atoms with Gasteiger partial charge in [0.2, 0.25) is 0 Å². The van der Waals surface area contributed by atoms with Crippen molar-refractivity contribution in [1.29, 1.82) is 0 Å². The lowest BCUT2D eigenvalue weighted by atomic mass is 10.1. The number of hydrogen-bond acceptors (Lipinski definition) is 2. The molecule has 0 heterocycles. The van der Waals surface area contributed by atoms with Crippen LogP contribution in [-0.4, -0.2) is 30.8 Å². The Bertz CT molecular complexity index is 329. The zero-order valence-corrected chi connectivity index (χ0v) is 10.5. The molecule has 2 nitrogen and oxygen atoms in total. The van der Waals surface area contributed by atoms with E-state index in [1.54, 1.807) is 0 Å². The number of Topliss-reactive ketones (excluding diaryl/α,β-unsaturated/α-hetero) is 1. The molecule has 0 amide bonds. The summed E-state index contributed by atoms with van der Waals surface area (Å²) in [5.41, 5.74) is 2.13. The highest BCUT2D eigenvalue weighted by Gasteiger charge is 2.07. The van der Waals surface area contributed by atoms with Gasteiger partial charge in [-0.1, -0.05) is 44.5 Å². The predicted molar refractivity (Wildman–Crippen MR) is 67.9 cm³/mol. The number of ketones is 1. The number of aryl methyl sites for hydroxylation is 1. The standard InChI is InChI=1S/C14H21NO/c1-4-6-12-7-9-13(10-8-12)14(16)11-15(3)5-2/h7-10H,4-6,11H2,1-3H3. The van der Waals surface area contributed by atoms with Crippen molar-refractivity contribution < 1.29 is 4.79 Å². The van der Waals surface area contributed by atoms with Crippen LogP contribution in [0.5, 0.6) is 0 Å². The molecule has 0 aromatic heterocycles. The molecule has 0 N–H and O–H groups in total. The molecule has 0 saturated carbocycles. The van der Waals surface area contributed by atoms with Crippen LogP contribution >= 0.6 is 0 Å². The van der Waals surface area contributed by atoms with Crippen molar-refractivity contribution in [3.05, 3.63) is 35.4 Å². The molecule has 2 heteroatoms. The molecule has 0 saturated heterocycles. The fourth-order valence-electron chi connectivity index (χ4n) is 1.59. The maximum atomic E-state index is 11.8. The van der Waals surface area contributed by atoms with Crippen molar-refractivity contribution >= 4 is 5.78 Å². The first-order valence-corrected chi connectivity index (χ1v) is 5.98. The minimum Gasteiger partial charge on any atom is -0.299 e. The molecule has 0 unspecified atom stereocenters. The van der Waals surface area contributed by atoms with Gasteiger partial charge < -0.3 is 0 Å². The van der Waals surface area contributed by atoms with E-state index in [1.165, 1.54) is 5.56 Å². The monoisotopic (exact) mass is 219 g/mol. The van der Waals surface area contributed by atoms with E-state index in [0.29, 0.717) is 6.54 Å². The Balaban J connectivity index is 2.63. The van der Waals surface area contributed by atoms with Gasteiger partial charge in [-0.3, -0.25) is 9.69 Å². The van der Waals surface area contributed by atoms with Gasteiger partial charge in [-0.25, -0.2) is 0 Å². The number of likely N-dealkylation sites (N-methyl/N-ethyl adjacent to an activating group) is 1. The highest BCUT2D eigenvalue weighted by atomic mass is 16.1. The second kappa shape index (κ2) is 6.44. The van der Waals surface area contributed by atoms with Gasteiger partial charge in [-0.05, 0) is 25.6 Å². The SMILES string of the molecule is CCCc1ccc(C(=O)CN(C)CC)cc1. The Labute approximate surface area is 98.3 Å². The largest absolute Gasteiger partial charge is 0.299 e. The van der Waals surface area contributed by atoms with Crippen molar-refractivity contribution in [2.75, 3.05) is 20.1 Å². The normalized spacial score (nSPS) is 10.8. The van der Waals surface area contributed by atoms with Crippen LogP contribution < -0.4 is 0 Å². The molecular weight excluding hydrogens is 198 g/mol. The van der Waals surface area contributed by atoms with Crippen LogP contribution in [0.2, 0.25) is 0 Å². The van der Waals surface area contributed by atoms with Crippen LogP contribution in [0.3, 0.4) is 0 Å². The Morgan fingerprint density at radius 3 is 2.31 bits per heavy atom. The zero-order valence-electron chi connectivity index (χ0n) is 10.5. The Kier molecular flexibility index (Phi) is 5.20. The van der Waals surface area contributed by atoms with Gasteiger partial charge in [0.15, 0.2) is 5.78 Å². The lowest BCUT2D eigenvalue weighted by Gasteiger charge is -2.12. The topological polar surface area (TPSA) is 20.3 Å². The zero-order chi connectivity index (χ0) is 12.0. The van der Waals surface area contributed by atoms with Gasteiger partial charge >= 0.3 is 0 Å². The second-order valence-corrected chi connectivity index (χ2v) is 4.20. The van der Waals surface area contributed by atoms with Crippen LogP contribution in [0.25, 0.3) is 0 Å². The summed E-state index contributed by atoms with van der Waals surface area (Å²) in [4.78, 5) is 13.9. The molecule has 88 valence electrons. The van der Waals surface area contributed by atoms with Crippen LogP contribution in [-0.2, 0) is 6.42 Å². The van der Waals surface area contributed by atoms with E-state index in [0.717, 1.165) is 24.9 Å². The average Bonchev–Trinajstić information content (AvgIpc) is 2.30. The first-order chi connectivity index (χ1) is 7.67. The number of hydrogen-bond donors (Lipinski definition) is 0. The summed E-state index contributed by atoms with van der Waals surface area (Å²) in [6, 6.07) is 8.00. The lowest BCUT2D eigenvalue weighted by molar-refractivity contribution is 0.0949. The Morgan fingerprint density at radius 2 is 1.81 bits per heavy atom. The summed E-state index contributed by atoms with van der Waals surface area (Å²) in [5.74, 6) is 0.201. The molecule has 0 bridgehead atoms. The van der Waals surface area contributed by atoms with Crippen LogP contribution in [0, 0.1) is 0 Å². The van der Waals surface area contributed by atoms with Gasteiger partial charge in [-0.15, -0.1) is 0 Å². The minimum absolute atomic E-state index is 0.201. The van der Waals surface area contributed by atoms with E-state index in [2.05, 4.69) is 26.0 Å². The molecule has 0 spiro atoms. The molecule has 1 aromatic carbocycles. The fraction of sp³-hybridized carbons (Fsp3) is 0.500. The van der Waals surface area contributed by atoms with Gasteiger partial charge in [0.1, 0.15) is 0 Å². The third-order valence-electron chi connectivity index (χ3n) is 2.77. The third-order valence-corrected chi connectivity index (χ3v) is 2.77. The first kappa shape index (κ1) is 12.9. The number of nitrogens with zero attached hydrogens (tertiary/aromatic N) is 1. The van der Waals surface area contributed by atoms with E-state index in [4.69, 9.17) is 0 Å². The van der Waals surface area contributed by atoms with E-state index < -0.39 is 0 Å². The van der Waals surface area contributed by atoms with Crippen molar-refractivity contribution in [3.8, 4) is 0 Å². The predicted octanol–water partition coefficient (Wildman–Crippen LogP) is 2.77. The third kappa shape index (κ3) is 3.78. The van der Waals surface area contributed by atoms with Crippen LogP contribution in [0.4, 0.5) is 0 Å². The number of carbonyl (C=O) groups excluding carboxylic acids is 1. The van der Waals surface area contributed by atoms with Gasteiger partial charge in [0.25, 0.3) is 0 Å². The van der Waals surface area contributed by atoms with E-state index in [9.17, 15) is 4.79 Å². The maximum absolute atomic E-state index is 11.8. The van der Waals surface area contributed by atoms with Crippen LogP contribution in [0.15, 0.2) is 24.3 Å². The van der Waals surface area contributed by atoms with Gasteiger partial charge in [0.05, 0.1) is 6.54 Å². The minimum atomic E-state index is 0.201. The van der Waals surface area contributed by atoms with Crippen LogP contribution in [0.1, 0.15) is 36.2 Å². The lowest BCUT2D eigenvalue weighted by Crippen LogP contribution is -2.25. The molecule has 16 heavy (non-hydrogen) atoms. The van der Waals surface area contributed by atoms with Crippen molar-refractivity contribution in [2.45, 2.75) is 26.7 Å². The highest BCUT2D eigenvalue weighted by Crippen LogP contribution is 2.07. The molecule has 0 atom stereocenters. The van der Waals surface area contributed by atoms with Gasteiger partial charge in [0, 0.05) is 5.56 Å². The molecule has 0 aliphatic heterocycles. The molecule has 0 radical (unpaired) electrons. The Morgan fingerprint density at radius 1 is 1.19 bits per heavy atom. The van der Waals surface area contributed by atoms with E-state index in [-0.39, 0.29) is 5.78 Å². The molecular formula is C14H21NO. The number of rotatable bonds is 6. The summed E-state index contributed by atoms with van der Waals surface area (Å²) in [5, 5.41) is 0. The molecule has 0 aliphatic carbocycles. The highest BCUT2D eigenvalue weighted by molar-refractivity contribution is 5.97. The average molecular weight is 219 g/mol. The fourth-order valence-corrected chi connectivity index (χ4v) is 1.59. The first-order valence-electron chi connectivity index (χ1n) is 5.98. The Hall–Kier alpha value is -1.15. The number of carbonyl (C=O) groups is 1. The van der Waals surface area contributed by atoms with E-state index >= 15 is 0 Å². The quantitative estimate of drug-likeness (QED) is 0.686. The summed E-state index contributed by atoms with van der Waals surface area (Å²) < 4.78 is 0. The number of benzene rings is 1. The maximum Gasteiger partial charge on any atom is 0.176 e. The van der Waals surface area contributed by atoms with Crippen molar-refractivity contribution in [1.82, 2.24) is 4.90 Å².